The summed E-state index contributed by atoms with van der Waals surface area (Å²) in [7, 11) is 0. The molecule has 1 fully saturated rings. The van der Waals surface area contributed by atoms with Gasteiger partial charge in [-0.1, -0.05) is 12.1 Å². The van der Waals surface area contributed by atoms with E-state index < -0.39 is 17.3 Å². The Balaban J connectivity index is 1.44. The van der Waals surface area contributed by atoms with Gasteiger partial charge < -0.3 is 19.3 Å². The second kappa shape index (κ2) is 12.3. The van der Waals surface area contributed by atoms with Gasteiger partial charge in [-0.3, -0.25) is 15.1 Å². The van der Waals surface area contributed by atoms with Gasteiger partial charge in [0.1, 0.15) is 16.9 Å². The minimum Gasteiger partial charge on any atom is -0.444 e. The van der Waals surface area contributed by atoms with Crippen LogP contribution in [0.1, 0.15) is 57.6 Å². The lowest BCUT2D eigenvalue weighted by molar-refractivity contribution is 0.0240. The molecule has 0 atom stereocenters. The number of carbonyl (C=O) groups excluding carboxylic acids is 3. The minimum atomic E-state index is -0.648. The van der Waals surface area contributed by atoms with Gasteiger partial charge in [-0.25, -0.2) is 9.59 Å². The van der Waals surface area contributed by atoms with Crippen LogP contribution < -0.4 is 10.2 Å². The van der Waals surface area contributed by atoms with Crippen LogP contribution in [0.4, 0.5) is 21.0 Å². The van der Waals surface area contributed by atoms with Gasteiger partial charge in [0.2, 0.25) is 0 Å². The number of hydrogen-bond acceptors (Lipinski definition) is 8. The zero-order chi connectivity index (χ0) is 29.8. The molecular formula is C31H38N4O5S. The van der Waals surface area contributed by atoms with Crippen molar-refractivity contribution in [2.75, 3.05) is 36.4 Å². The Bertz CT molecular complexity index is 1370. The fraction of sp³-hybridized carbons (Fsp3) is 0.419. The van der Waals surface area contributed by atoms with Crippen molar-refractivity contribution in [3.63, 3.8) is 0 Å². The number of thiophene rings is 1. The summed E-state index contributed by atoms with van der Waals surface area (Å²) in [5.74, 6) is -0.165. The fourth-order valence-electron chi connectivity index (χ4n) is 4.35. The monoisotopic (exact) mass is 578 g/mol. The zero-order valence-electron chi connectivity index (χ0n) is 24.5. The summed E-state index contributed by atoms with van der Waals surface area (Å²) < 4.78 is 10.9. The highest BCUT2D eigenvalue weighted by molar-refractivity contribution is 7.13. The molecule has 0 spiro atoms. The van der Waals surface area contributed by atoms with Crippen molar-refractivity contribution in [2.24, 2.45) is 0 Å². The van der Waals surface area contributed by atoms with Crippen LogP contribution in [-0.4, -0.2) is 65.2 Å². The third-order valence-corrected chi connectivity index (χ3v) is 7.15. The van der Waals surface area contributed by atoms with Crippen LogP contribution in [0.5, 0.6) is 0 Å². The summed E-state index contributed by atoms with van der Waals surface area (Å²) in [6.07, 6.45) is 0.869. The van der Waals surface area contributed by atoms with Crippen molar-refractivity contribution in [1.29, 1.82) is 0 Å². The first-order valence-corrected chi connectivity index (χ1v) is 14.5. The first-order chi connectivity index (χ1) is 19.3. The predicted octanol–water partition coefficient (Wildman–Crippen LogP) is 6.64. The SMILES string of the molecule is CC(C)(C)OC(=O)Nc1ccc(-c2cccs2)cc1CC(=O)c1ccc(N2CCN(C(=O)OC(C)(C)C)CC2)cn1. The van der Waals surface area contributed by atoms with Crippen LogP contribution in [0.25, 0.3) is 10.4 Å². The van der Waals surface area contributed by atoms with Crippen LogP contribution in [0.3, 0.4) is 0 Å². The van der Waals surface area contributed by atoms with E-state index in [1.54, 1.807) is 55.3 Å². The Hall–Kier alpha value is -3.92. The number of amides is 2. The molecule has 4 rings (SSSR count). The number of ether oxygens (including phenoxy) is 2. The minimum absolute atomic E-state index is 0.0608. The Morgan fingerprint density at radius 3 is 2.22 bits per heavy atom. The van der Waals surface area contributed by atoms with Gasteiger partial charge in [0.15, 0.2) is 5.78 Å². The van der Waals surface area contributed by atoms with Gasteiger partial charge in [-0.15, -0.1) is 11.3 Å². The molecule has 1 N–H and O–H groups in total. The summed E-state index contributed by atoms with van der Waals surface area (Å²) in [6.45, 7) is 13.3. The molecule has 0 saturated carbocycles. The molecule has 1 aliphatic rings. The molecule has 10 heteroatoms. The summed E-state index contributed by atoms with van der Waals surface area (Å²) >= 11 is 1.60. The molecule has 2 aromatic heterocycles. The van der Waals surface area contributed by atoms with Gasteiger partial charge in [0.05, 0.1) is 11.9 Å². The predicted molar refractivity (Wildman–Crippen MR) is 162 cm³/mol. The summed E-state index contributed by atoms with van der Waals surface area (Å²) in [5, 5.41) is 4.79. The molecule has 0 radical (unpaired) electrons. The lowest BCUT2D eigenvalue weighted by atomic mass is 10.0. The number of carbonyl (C=O) groups is 3. The highest BCUT2D eigenvalue weighted by atomic mass is 32.1. The maximum absolute atomic E-state index is 13.3. The first kappa shape index (κ1) is 30.0. The van der Waals surface area contributed by atoms with Crippen molar-refractivity contribution in [3.8, 4) is 10.4 Å². The van der Waals surface area contributed by atoms with Crippen molar-refractivity contribution in [2.45, 2.75) is 59.2 Å². The third kappa shape index (κ3) is 8.53. The average molecular weight is 579 g/mol. The fourth-order valence-corrected chi connectivity index (χ4v) is 5.07. The van der Waals surface area contributed by atoms with E-state index in [1.807, 2.05) is 56.5 Å². The number of benzene rings is 1. The second-order valence-corrected chi connectivity index (χ2v) is 12.9. The first-order valence-electron chi connectivity index (χ1n) is 13.7. The third-order valence-electron chi connectivity index (χ3n) is 6.23. The van der Waals surface area contributed by atoms with Gasteiger partial charge >= 0.3 is 12.2 Å². The van der Waals surface area contributed by atoms with E-state index in [0.29, 0.717) is 43.1 Å². The number of hydrogen-bond donors (Lipinski definition) is 1. The molecule has 0 aliphatic carbocycles. The number of nitrogens with zero attached hydrogens (tertiary/aromatic N) is 3. The number of nitrogens with one attached hydrogen (secondary N) is 1. The molecule has 1 aromatic carbocycles. The Kier molecular flexibility index (Phi) is 9.01. The number of aromatic nitrogens is 1. The normalized spacial score (nSPS) is 14.0. The number of pyridine rings is 1. The second-order valence-electron chi connectivity index (χ2n) is 11.9. The van der Waals surface area contributed by atoms with Gasteiger partial charge in [0.25, 0.3) is 0 Å². The molecule has 9 nitrogen and oxygen atoms in total. The van der Waals surface area contributed by atoms with E-state index in [4.69, 9.17) is 9.47 Å². The number of piperazine rings is 1. The van der Waals surface area contributed by atoms with Crippen molar-refractivity contribution in [1.82, 2.24) is 9.88 Å². The number of rotatable bonds is 6. The largest absolute Gasteiger partial charge is 0.444 e. The van der Waals surface area contributed by atoms with Gasteiger partial charge in [-0.2, -0.15) is 0 Å². The average Bonchev–Trinajstić information content (AvgIpc) is 3.43. The highest BCUT2D eigenvalue weighted by Crippen LogP contribution is 2.30. The smallest absolute Gasteiger partial charge is 0.412 e. The van der Waals surface area contributed by atoms with Crippen molar-refractivity contribution < 1.29 is 23.9 Å². The number of Topliss-reactive ketones (excluding diaryl/α,β-unsaturated/α-hetero) is 1. The van der Waals surface area contributed by atoms with Gasteiger partial charge in [-0.05, 0) is 88.4 Å². The molecule has 41 heavy (non-hydrogen) atoms. The molecule has 1 aliphatic heterocycles. The van der Waals surface area contributed by atoms with E-state index in [1.165, 1.54) is 0 Å². The topological polar surface area (TPSA) is 101 Å². The molecular weight excluding hydrogens is 540 g/mol. The van der Waals surface area contributed by atoms with E-state index in [0.717, 1.165) is 16.1 Å². The Morgan fingerprint density at radius 2 is 1.63 bits per heavy atom. The lowest BCUT2D eigenvalue weighted by Crippen LogP contribution is -2.50. The standard InChI is InChI=1S/C31H38N4O5S/c1-30(2,3)39-28(37)33-24-11-9-21(27-8-7-17-41-27)18-22(24)19-26(36)25-12-10-23(20-32-25)34-13-15-35(16-14-34)29(38)40-31(4,5)6/h7-12,17-18,20H,13-16,19H2,1-6H3,(H,33,37). The molecule has 1 saturated heterocycles. The van der Waals surface area contributed by atoms with Crippen LogP contribution in [0.2, 0.25) is 0 Å². The highest BCUT2D eigenvalue weighted by Gasteiger charge is 2.26. The van der Waals surface area contributed by atoms with Crippen molar-refractivity contribution >= 4 is 40.7 Å². The maximum atomic E-state index is 13.3. The van der Waals surface area contributed by atoms with Gasteiger partial charge in [0, 0.05) is 43.2 Å². The number of anilines is 2. The quantitative estimate of drug-likeness (QED) is 0.327. The van der Waals surface area contributed by atoms with E-state index in [9.17, 15) is 14.4 Å². The summed E-state index contributed by atoms with van der Waals surface area (Å²) in [6, 6.07) is 13.2. The molecule has 218 valence electrons. The molecule has 0 unspecified atom stereocenters. The van der Waals surface area contributed by atoms with Crippen LogP contribution in [0, 0.1) is 0 Å². The van der Waals surface area contributed by atoms with E-state index in [2.05, 4.69) is 15.2 Å². The molecule has 3 aromatic rings. The van der Waals surface area contributed by atoms with Crippen LogP contribution in [0.15, 0.2) is 54.0 Å². The Morgan fingerprint density at radius 1 is 0.927 bits per heavy atom. The summed E-state index contributed by atoms with van der Waals surface area (Å²) in [5.41, 5.74) is 2.21. The van der Waals surface area contributed by atoms with E-state index in [-0.39, 0.29) is 18.3 Å². The molecule has 0 bridgehead atoms. The van der Waals surface area contributed by atoms with Crippen molar-refractivity contribution in [3.05, 3.63) is 65.3 Å². The summed E-state index contributed by atoms with van der Waals surface area (Å²) in [4.78, 5) is 47.5. The lowest BCUT2D eigenvalue weighted by Gasteiger charge is -2.36. The Labute approximate surface area is 245 Å². The molecule has 3 heterocycles. The zero-order valence-corrected chi connectivity index (χ0v) is 25.3. The van der Waals surface area contributed by atoms with Crippen LogP contribution in [-0.2, 0) is 15.9 Å². The molecule has 2 amide bonds. The number of ketones is 1. The van der Waals surface area contributed by atoms with Crippen LogP contribution >= 0.6 is 11.3 Å². The maximum Gasteiger partial charge on any atom is 0.412 e. The van der Waals surface area contributed by atoms with E-state index >= 15 is 0 Å².